The van der Waals surface area contributed by atoms with Crippen LogP contribution in [0.2, 0.25) is 0 Å². The number of rotatable bonds is 22. The summed E-state index contributed by atoms with van der Waals surface area (Å²) in [6, 6.07) is 38.5. The van der Waals surface area contributed by atoms with E-state index in [4.69, 9.17) is 32.2 Å². The van der Waals surface area contributed by atoms with E-state index in [2.05, 4.69) is 140 Å². The number of halogens is 3. The third-order valence-electron chi connectivity index (χ3n) is 13.1. The van der Waals surface area contributed by atoms with E-state index in [1.54, 1.807) is 140 Å². The molecule has 0 heterocycles. The van der Waals surface area contributed by atoms with Crippen LogP contribution in [0.25, 0.3) is 0 Å². The van der Waals surface area contributed by atoms with Crippen LogP contribution in [-0.2, 0) is 38.4 Å². The Morgan fingerprint density at radius 1 is 0.456 bits per heavy atom. The molecule has 12 N–H and O–H groups in total. The number of nitrogens with one attached hydrogen (secondary N) is 8. The van der Waals surface area contributed by atoms with Gasteiger partial charge >= 0.3 is 0 Å². The van der Waals surface area contributed by atoms with Gasteiger partial charge in [0.2, 0.25) is 17.1 Å². The van der Waals surface area contributed by atoms with Crippen molar-refractivity contribution < 1.29 is 63.1 Å². The van der Waals surface area contributed by atoms with Crippen LogP contribution < -0.4 is 48.8 Å². The van der Waals surface area contributed by atoms with Crippen LogP contribution in [0.1, 0.15) is 113 Å². The van der Waals surface area contributed by atoms with Crippen molar-refractivity contribution in [1.82, 2.24) is 37.3 Å². The standard InChI is InChI=1S/C26H26BrN3O4.C25H26N4O5.C24H25N3O3.C2H2BrClO/c1-4-34-30-26(33)24(18(2)3)29-25(32)21-13-9-19(10-14-21)7-5-6-8-20-11-15-22(16-12-20)28-23(31)17-27;1-17(30)23(25(33)28-34)27-24(32)20-12-8-18(9-13-20)6-4-5-7-19-10-14-21(15-11-19)26-22(31)16-29(2)3;1-4-30-27-24(29)22(17(2)3)26-23(28)20-13-9-18(10-14-20)7-5-6-8-19-11-15-21(25)16-12-19;3-1-2(4)5/h9-16,18,24H,4,17H2,1-3H3,(H,28,31)(H,29,32)(H,30,33);8-15,17,23,30,34H,16H2,1-3H3,(H,26,31)(H,27,32)(H,28,33);9-17,22H,4,25H2,1-3H3,(H,26,28)(H,27,29);1H2/t24-;17-,23+;22-;/m010./s1. The van der Waals surface area contributed by atoms with Gasteiger partial charge in [-0.3, -0.25) is 58.0 Å². The lowest BCUT2D eigenvalue weighted by Crippen LogP contribution is -2.51. The summed E-state index contributed by atoms with van der Waals surface area (Å²) in [5.74, 6) is 30.7. The number of carbonyl (C=O) groups is 9. The van der Waals surface area contributed by atoms with Crippen molar-refractivity contribution in [2.75, 3.05) is 60.9 Å². The zero-order valence-corrected chi connectivity index (χ0v) is 61.8. The molecule has 103 heavy (non-hydrogen) atoms. The first-order chi connectivity index (χ1) is 49.2. The van der Waals surface area contributed by atoms with Crippen LogP contribution in [0.4, 0.5) is 17.1 Å². The minimum Gasteiger partial charge on any atom is -0.399 e. The molecule has 0 radical (unpaired) electrons. The molecule has 4 atom stereocenters. The first-order valence-electron chi connectivity index (χ1n) is 31.5. The molecule has 6 aromatic carbocycles. The van der Waals surface area contributed by atoms with Gasteiger partial charge in [0.1, 0.15) is 18.1 Å². The highest BCUT2D eigenvalue weighted by molar-refractivity contribution is 9.09. The molecule has 0 spiro atoms. The van der Waals surface area contributed by atoms with E-state index in [1.165, 1.54) is 24.5 Å². The average Bonchev–Trinajstić information content (AvgIpc) is 0.872. The maximum atomic E-state index is 12.6. The zero-order valence-electron chi connectivity index (χ0n) is 57.9. The lowest BCUT2D eigenvalue weighted by Gasteiger charge is -2.21. The van der Waals surface area contributed by atoms with E-state index in [0.717, 1.165) is 22.3 Å². The molecule has 536 valence electrons. The first kappa shape index (κ1) is 86.2. The molecule has 0 saturated carbocycles. The highest BCUT2D eigenvalue weighted by atomic mass is 79.9. The molecular weight excluding hydrogens is 1470 g/mol. The largest absolute Gasteiger partial charge is 0.399 e. The van der Waals surface area contributed by atoms with E-state index in [0.29, 0.717) is 59.1 Å². The number of hydrogen-bond donors (Lipinski definition) is 11. The van der Waals surface area contributed by atoms with Crippen LogP contribution in [0.3, 0.4) is 0 Å². The second-order valence-corrected chi connectivity index (χ2v) is 23.9. The number of hydroxylamine groups is 3. The van der Waals surface area contributed by atoms with Crippen LogP contribution in [0.15, 0.2) is 146 Å². The predicted octanol–water partition coefficient (Wildman–Crippen LogP) is 7.46. The lowest BCUT2D eigenvalue weighted by molar-refractivity contribution is -0.136. The van der Waals surface area contributed by atoms with Gasteiger partial charge in [-0.15, -0.1) is 0 Å². The number of alkyl halides is 2. The highest BCUT2D eigenvalue weighted by Crippen LogP contribution is 2.14. The lowest BCUT2D eigenvalue weighted by atomic mass is 10.0. The van der Waals surface area contributed by atoms with E-state index < -0.39 is 42.0 Å². The normalized spacial score (nSPS) is 10.9. The summed E-state index contributed by atoms with van der Waals surface area (Å²) >= 11 is 10.7. The Kier molecular flexibility index (Phi) is 40.1. The Hall–Kier alpha value is -11.0. The Bertz CT molecular complexity index is 4240. The molecule has 26 heteroatoms. The molecular formula is C77H79Br2ClN10O13. The number of aliphatic hydroxyl groups is 1. The van der Waals surface area contributed by atoms with Gasteiger partial charge in [0.05, 0.1) is 36.5 Å². The summed E-state index contributed by atoms with van der Waals surface area (Å²) in [7, 11) is 3.64. The van der Waals surface area contributed by atoms with Gasteiger partial charge in [-0.1, -0.05) is 95.1 Å². The monoisotopic (exact) mass is 1540 g/mol. The van der Waals surface area contributed by atoms with Gasteiger partial charge in [-0.2, -0.15) is 0 Å². The SMILES string of the molecule is CCONC(=O)[C@@H](NC(=O)c1ccc(C#CC#Cc2ccc(N)cc2)cc1)C(C)C.CCONC(=O)[C@@H](NC(=O)c1ccc(C#CC#Cc2ccc(NC(=O)CBr)cc2)cc1)C(C)C.C[C@@H](O)[C@H](NC(=O)c1ccc(C#CC#Cc2ccc(NC(=O)CN(C)C)cc2)cc1)C(=O)NO.O=C(Cl)CBr. The molecule has 6 aromatic rings. The molecule has 0 unspecified atom stereocenters. The number of anilines is 3. The summed E-state index contributed by atoms with van der Waals surface area (Å²) in [5, 5.41) is 31.8. The maximum Gasteiger partial charge on any atom is 0.268 e. The van der Waals surface area contributed by atoms with Crippen molar-refractivity contribution in [2.24, 2.45) is 11.8 Å². The zero-order chi connectivity index (χ0) is 76.2. The molecule has 0 aliphatic rings. The fraction of sp³-hybridized carbons (Fsp3) is 0.260. The second-order valence-electron chi connectivity index (χ2n) is 22.3. The smallest absolute Gasteiger partial charge is 0.268 e. The maximum absolute atomic E-state index is 12.6. The third kappa shape index (κ3) is 34.7. The fourth-order valence-corrected chi connectivity index (χ4v) is 8.03. The molecule has 0 bridgehead atoms. The predicted molar refractivity (Wildman–Crippen MR) is 403 cm³/mol. The van der Waals surface area contributed by atoms with Crippen molar-refractivity contribution in [2.45, 2.75) is 72.7 Å². The molecule has 0 saturated heterocycles. The van der Waals surface area contributed by atoms with Crippen molar-refractivity contribution in [3.05, 3.63) is 196 Å². The van der Waals surface area contributed by atoms with E-state index in [1.807, 2.05) is 53.9 Å². The van der Waals surface area contributed by atoms with Gasteiger partial charge in [0, 0.05) is 67.1 Å². The molecule has 23 nitrogen and oxygen atoms in total. The van der Waals surface area contributed by atoms with Crippen molar-refractivity contribution in [3.8, 4) is 71.0 Å². The number of nitrogens with zero attached hydrogens (tertiary/aromatic N) is 1. The van der Waals surface area contributed by atoms with E-state index in [-0.39, 0.29) is 62.8 Å². The van der Waals surface area contributed by atoms with Crippen molar-refractivity contribution in [3.63, 3.8) is 0 Å². The van der Waals surface area contributed by atoms with Gasteiger partial charge in [-0.25, -0.2) is 16.4 Å². The van der Waals surface area contributed by atoms with Crippen LogP contribution in [-0.4, -0.2) is 136 Å². The van der Waals surface area contributed by atoms with Gasteiger partial charge in [0.15, 0.2) is 0 Å². The van der Waals surface area contributed by atoms with Crippen LogP contribution in [0.5, 0.6) is 0 Å². The number of carbonyl (C=O) groups excluding carboxylic acids is 9. The number of nitrogen functional groups attached to an aromatic ring is 1. The summed E-state index contributed by atoms with van der Waals surface area (Å²) in [6.07, 6.45) is -1.20. The minimum atomic E-state index is -1.30. The van der Waals surface area contributed by atoms with Crippen molar-refractivity contribution in [1.29, 1.82) is 0 Å². The summed E-state index contributed by atoms with van der Waals surface area (Å²) in [4.78, 5) is 117. The van der Waals surface area contributed by atoms with E-state index >= 15 is 0 Å². The average molecular weight is 1550 g/mol. The van der Waals surface area contributed by atoms with Crippen LogP contribution in [0, 0.1) is 82.9 Å². The quantitative estimate of drug-likeness (QED) is 0.00785. The first-order valence-corrected chi connectivity index (χ1v) is 34.2. The molecule has 6 rings (SSSR count). The summed E-state index contributed by atoms with van der Waals surface area (Å²) in [5.41, 5.74) is 19.3. The molecule has 0 aromatic heterocycles. The minimum absolute atomic E-state index is 0.0980. The second kappa shape index (κ2) is 47.9. The van der Waals surface area contributed by atoms with Gasteiger partial charge in [0.25, 0.3) is 35.4 Å². The van der Waals surface area contributed by atoms with Crippen LogP contribution >= 0.6 is 43.5 Å². The number of aliphatic hydroxyl groups excluding tert-OH is 1. The summed E-state index contributed by atoms with van der Waals surface area (Å²) in [6.45, 7) is 13.2. The molecule has 0 fully saturated rings. The van der Waals surface area contributed by atoms with Crippen molar-refractivity contribution >= 4 is 113 Å². The Labute approximate surface area is 621 Å². The Morgan fingerprint density at radius 3 is 0.990 bits per heavy atom. The molecule has 8 amide bonds. The number of likely N-dealkylation sites (N-methyl/N-ethyl adjacent to an activating group) is 1. The van der Waals surface area contributed by atoms with Gasteiger partial charge in [-0.05, 0) is 239 Å². The molecule has 0 aliphatic heterocycles. The number of nitrogens with two attached hydrogens (primary N) is 1. The highest BCUT2D eigenvalue weighted by Gasteiger charge is 2.28. The number of benzene rings is 6. The molecule has 0 aliphatic carbocycles. The summed E-state index contributed by atoms with van der Waals surface area (Å²) < 4.78 is 0. The Morgan fingerprint density at radius 2 is 0.738 bits per heavy atom. The number of hydrogen-bond acceptors (Lipinski definition) is 15. The fourth-order valence-electron chi connectivity index (χ4n) is 7.89. The topological polar surface area (TPSA) is 338 Å². The van der Waals surface area contributed by atoms with E-state index in [9.17, 15) is 48.3 Å². The number of amides is 8. The van der Waals surface area contributed by atoms with Gasteiger partial charge < -0.3 is 42.3 Å². The Balaban J connectivity index is 0.000000388. The third-order valence-corrected chi connectivity index (χ3v) is 14.5.